The van der Waals surface area contributed by atoms with Gasteiger partial charge in [0.1, 0.15) is 5.75 Å². The maximum Gasteiger partial charge on any atom is 0.119 e. The molecule has 1 aromatic rings. The van der Waals surface area contributed by atoms with Gasteiger partial charge in [-0.25, -0.2) is 0 Å². The average Bonchev–Trinajstić information content (AvgIpc) is 2.52. The number of rotatable bonds is 6. The SMILES string of the molecule is CN(C)C1CCCN(CCCOc2ccc(C#N)cc2)C1. The first-order valence-corrected chi connectivity index (χ1v) is 7.71. The number of nitriles is 1. The molecule has 1 unspecified atom stereocenters. The molecule has 0 N–H and O–H groups in total. The van der Waals surface area contributed by atoms with E-state index < -0.39 is 0 Å². The van der Waals surface area contributed by atoms with E-state index in [0.717, 1.165) is 25.3 Å². The molecule has 0 spiro atoms. The van der Waals surface area contributed by atoms with Crippen LogP contribution in [0, 0.1) is 11.3 Å². The Morgan fingerprint density at radius 3 is 2.76 bits per heavy atom. The van der Waals surface area contributed by atoms with Crippen molar-refractivity contribution in [3.05, 3.63) is 29.8 Å². The van der Waals surface area contributed by atoms with E-state index in [-0.39, 0.29) is 0 Å². The van der Waals surface area contributed by atoms with Crippen LogP contribution in [0.25, 0.3) is 0 Å². The van der Waals surface area contributed by atoms with Crippen LogP contribution in [0.2, 0.25) is 0 Å². The molecule has 0 aliphatic carbocycles. The highest BCUT2D eigenvalue weighted by molar-refractivity contribution is 5.34. The Hall–Kier alpha value is -1.57. The Morgan fingerprint density at radius 2 is 2.10 bits per heavy atom. The van der Waals surface area contributed by atoms with E-state index in [0.29, 0.717) is 11.6 Å². The molecular formula is C17H25N3O. The smallest absolute Gasteiger partial charge is 0.119 e. The van der Waals surface area contributed by atoms with Crippen molar-refractivity contribution in [2.75, 3.05) is 40.3 Å². The molecule has 21 heavy (non-hydrogen) atoms. The summed E-state index contributed by atoms with van der Waals surface area (Å²) < 4.78 is 5.72. The monoisotopic (exact) mass is 287 g/mol. The van der Waals surface area contributed by atoms with Crippen molar-refractivity contribution in [1.82, 2.24) is 9.80 Å². The molecule has 1 aliphatic rings. The minimum atomic E-state index is 0.672. The first-order chi connectivity index (χ1) is 10.2. The van der Waals surface area contributed by atoms with Crippen LogP contribution in [-0.2, 0) is 0 Å². The van der Waals surface area contributed by atoms with Crippen LogP contribution in [0.4, 0.5) is 0 Å². The second-order valence-electron chi connectivity index (χ2n) is 5.90. The molecule has 1 heterocycles. The zero-order chi connectivity index (χ0) is 15.1. The Balaban J connectivity index is 1.66. The Morgan fingerprint density at radius 1 is 1.33 bits per heavy atom. The zero-order valence-corrected chi connectivity index (χ0v) is 13.1. The van der Waals surface area contributed by atoms with Crippen molar-refractivity contribution in [3.8, 4) is 11.8 Å². The molecule has 0 aromatic heterocycles. The summed E-state index contributed by atoms with van der Waals surface area (Å²) in [5.41, 5.74) is 0.672. The van der Waals surface area contributed by atoms with E-state index >= 15 is 0 Å². The van der Waals surface area contributed by atoms with Crippen molar-refractivity contribution in [3.63, 3.8) is 0 Å². The van der Waals surface area contributed by atoms with Crippen LogP contribution in [0.5, 0.6) is 5.75 Å². The Bertz CT molecular complexity index is 464. The minimum absolute atomic E-state index is 0.672. The van der Waals surface area contributed by atoms with Crippen LogP contribution in [0.1, 0.15) is 24.8 Å². The summed E-state index contributed by atoms with van der Waals surface area (Å²) in [7, 11) is 4.34. The van der Waals surface area contributed by atoms with Crippen molar-refractivity contribution < 1.29 is 4.74 Å². The van der Waals surface area contributed by atoms with Crippen molar-refractivity contribution >= 4 is 0 Å². The van der Waals surface area contributed by atoms with Crippen molar-refractivity contribution in [1.29, 1.82) is 5.26 Å². The van der Waals surface area contributed by atoms with Crippen LogP contribution in [-0.4, -0.2) is 56.2 Å². The third-order valence-electron chi connectivity index (χ3n) is 4.08. The van der Waals surface area contributed by atoms with E-state index in [1.54, 1.807) is 12.1 Å². The van der Waals surface area contributed by atoms with Gasteiger partial charge in [0.05, 0.1) is 18.2 Å². The quantitative estimate of drug-likeness (QED) is 0.753. The average molecular weight is 287 g/mol. The number of likely N-dealkylation sites (tertiary alicyclic amines) is 1. The largest absolute Gasteiger partial charge is 0.494 e. The molecule has 0 radical (unpaired) electrons. The van der Waals surface area contributed by atoms with Gasteiger partial charge in [0, 0.05) is 19.1 Å². The molecule has 1 atom stereocenters. The van der Waals surface area contributed by atoms with E-state index in [9.17, 15) is 0 Å². The van der Waals surface area contributed by atoms with Crippen molar-refractivity contribution in [2.24, 2.45) is 0 Å². The lowest BCUT2D eigenvalue weighted by molar-refractivity contribution is 0.127. The first-order valence-electron chi connectivity index (χ1n) is 7.71. The molecule has 1 fully saturated rings. The molecule has 0 amide bonds. The standard InChI is InChI=1S/C17H25N3O/c1-19(2)16-5-3-10-20(14-16)11-4-12-21-17-8-6-15(13-18)7-9-17/h6-9,16H,3-5,10-12,14H2,1-2H3. The third-order valence-corrected chi connectivity index (χ3v) is 4.08. The van der Waals surface area contributed by atoms with Crippen LogP contribution in [0.3, 0.4) is 0 Å². The summed E-state index contributed by atoms with van der Waals surface area (Å²) in [5.74, 6) is 0.846. The summed E-state index contributed by atoms with van der Waals surface area (Å²) in [6, 6.07) is 10.1. The summed E-state index contributed by atoms with van der Waals surface area (Å²) >= 11 is 0. The fraction of sp³-hybridized carbons (Fsp3) is 0.588. The Labute approximate surface area is 127 Å². The molecule has 4 nitrogen and oxygen atoms in total. The lowest BCUT2D eigenvalue weighted by Gasteiger charge is -2.36. The highest BCUT2D eigenvalue weighted by Crippen LogP contribution is 2.15. The van der Waals surface area contributed by atoms with E-state index in [1.165, 1.54) is 25.9 Å². The number of likely N-dealkylation sites (N-methyl/N-ethyl adjacent to an activating group) is 1. The fourth-order valence-corrected chi connectivity index (χ4v) is 2.76. The van der Waals surface area contributed by atoms with Gasteiger partial charge in [-0.15, -0.1) is 0 Å². The second-order valence-corrected chi connectivity index (χ2v) is 5.90. The number of hydrogen-bond donors (Lipinski definition) is 0. The number of benzene rings is 1. The van der Waals surface area contributed by atoms with E-state index in [4.69, 9.17) is 10.00 Å². The molecule has 0 saturated carbocycles. The molecule has 114 valence electrons. The normalized spacial score (nSPS) is 19.4. The van der Waals surface area contributed by atoms with Gasteiger partial charge < -0.3 is 14.5 Å². The molecule has 0 bridgehead atoms. The van der Waals surface area contributed by atoms with Crippen LogP contribution in [0.15, 0.2) is 24.3 Å². The summed E-state index contributed by atoms with van der Waals surface area (Å²) in [5, 5.41) is 8.75. The Kier molecular flexibility index (Phi) is 6.04. The zero-order valence-electron chi connectivity index (χ0n) is 13.1. The topological polar surface area (TPSA) is 39.5 Å². The summed E-state index contributed by atoms with van der Waals surface area (Å²) in [4.78, 5) is 4.87. The lowest BCUT2D eigenvalue weighted by Crippen LogP contribution is -2.45. The third kappa shape index (κ3) is 5.04. The first kappa shape index (κ1) is 15.8. The molecule has 1 saturated heterocycles. The van der Waals surface area contributed by atoms with Crippen molar-refractivity contribution in [2.45, 2.75) is 25.3 Å². The molecule has 1 aromatic carbocycles. The molecule has 2 rings (SSSR count). The van der Waals surface area contributed by atoms with Gasteiger partial charge in [-0.2, -0.15) is 5.26 Å². The molecule has 4 heteroatoms. The van der Waals surface area contributed by atoms with Gasteiger partial charge in [0.15, 0.2) is 0 Å². The maximum absolute atomic E-state index is 8.75. The van der Waals surface area contributed by atoms with E-state index in [2.05, 4.69) is 30.0 Å². The van der Waals surface area contributed by atoms with Gasteiger partial charge in [-0.1, -0.05) is 0 Å². The molecule has 1 aliphatic heterocycles. The van der Waals surface area contributed by atoms with Gasteiger partial charge in [-0.05, 0) is 64.2 Å². The number of piperidine rings is 1. The van der Waals surface area contributed by atoms with Crippen LogP contribution < -0.4 is 4.74 Å². The summed E-state index contributed by atoms with van der Waals surface area (Å²) in [6.07, 6.45) is 3.64. The minimum Gasteiger partial charge on any atom is -0.494 e. The van der Waals surface area contributed by atoms with Gasteiger partial charge >= 0.3 is 0 Å². The highest BCUT2D eigenvalue weighted by Gasteiger charge is 2.20. The molecular weight excluding hydrogens is 262 g/mol. The van der Waals surface area contributed by atoms with Gasteiger partial charge in [0.2, 0.25) is 0 Å². The fourth-order valence-electron chi connectivity index (χ4n) is 2.76. The summed E-state index contributed by atoms with van der Waals surface area (Å²) in [6.45, 7) is 4.21. The predicted octanol–water partition coefficient (Wildman–Crippen LogP) is 2.35. The maximum atomic E-state index is 8.75. The number of ether oxygens (including phenoxy) is 1. The number of hydrogen-bond acceptors (Lipinski definition) is 4. The second kappa shape index (κ2) is 8.02. The van der Waals surface area contributed by atoms with Crippen LogP contribution >= 0.6 is 0 Å². The number of nitrogens with zero attached hydrogens (tertiary/aromatic N) is 3. The van der Waals surface area contributed by atoms with Gasteiger partial charge in [0.25, 0.3) is 0 Å². The van der Waals surface area contributed by atoms with E-state index in [1.807, 2.05) is 12.1 Å². The van der Waals surface area contributed by atoms with Gasteiger partial charge in [-0.3, -0.25) is 0 Å². The predicted molar refractivity (Wildman–Crippen MR) is 84.4 cm³/mol. The highest BCUT2D eigenvalue weighted by atomic mass is 16.5. The lowest BCUT2D eigenvalue weighted by atomic mass is 10.0.